The number of aliphatic hydroxyl groups is 3. The van der Waals surface area contributed by atoms with E-state index in [9.17, 15) is 37.9 Å². The highest BCUT2D eigenvalue weighted by atomic mass is 32.2. The molecule has 1 heterocycles. The van der Waals surface area contributed by atoms with E-state index in [0.717, 1.165) is 51.4 Å². The summed E-state index contributed by atoms with van der Waals surface area (Å²) in [6.45, 7) is 3.37. The summed E-state index contributed by atoms with van der Waals surface area (Å²) in [5.74, 6) is -2.15. The molecule has 1 saturated heterocycles. The molecule has 0 aromatic carbocycles. The van der Waals surface area contributed by atoms with Crippen LogP contribution in [0.25, 0.3) is 0 Å². The van der Waals surface area contributed by atoms with Crippen molar-refractivity contribution in [1.82, 2.24) is 0 Å². The summed E-state index contributed by atoms with van der Waals surface area (Å²) in [5.41, 5.74) is 0. The molecule has 1 aliphatic rings. The maximum absolute atomic E-state index is 12.7. The Morgan fingerprint density at radius 1 is 0.614 bits per heavy atom. The molecular weight excluding hydrogens is 753 g/mol. The van der Waals surface area contributed by atoms with Gasteiger partial charge in [-0.15, -0.1) is 0 Å². The van der Waals surface area contributed by atoms with E-state index >= 15 is 0 Å². The number of hydrogen-bond acceptors (Lipinski definition) is 11. The van der Waals surface area contributed by atoms with Crippen molar-refractivity contribution in [2.24, 2.45) is 0 Å². The molecule has 12 nitrogen and oxygen atoms in total. The lowest BCUT2D eigenvalue weighted by atomic mass is 10.00. The predicted molar refractivity (Wildman–Crippen MR) is 224 cm³/mol. The predicted octanol–water partition coefficient (Wildman–Crippen LogP) is 7.27. The lowest BCUT2D eigenvalue weighted by Gasteiger charge is -2.40. The van der Waals surface area contributed by atoms with Gasteiger partial charge in [0.25, 0.3) is 10.1 Å². The fourth-order valence-electron chi connectivity index (χ4n) is 5.17. The maximum atomic E-state index is 12.7. The Kier molecular flexibility index (Phi) is 30.0. The minimum Gasteiger partial charge on any atom is -0.462 e. The average Bonchev–Trinajstić information content (AvgIpc) is 3.17. The van der Waals surface area contributed by atoms with Gasteiger partial charge in [-0.05, 0) is 64.2 Å². The zero-order valence-electron chi connectivity index (χ0n) is 33.6. The Bertz CT molecular complexity index is 1470. The number of ether oxygens (including phenoxy) is 4. The fraction of sp³-hybridized carbons (Fsp3) is 0.545. The minimum absolute atomic E-state index is 0.0532. The van der Waals surface area contributed by atoms with Crippen molar-refractivity contribution in [2.75, 3.05) is 19.0 Å². The van der Waals surface area contributed by atoms with Crippen molar-refractivity contribution >= 4 is 22.1 Å². The lowest BCUT2D eigenvalue weighted by Crippen LogP contribution is -2.60. The van der Waals surface area contributed by atoms with Crippen molar-refractivity contribution in [3.8, 4) is 0 Å². The molecule has 3 unspecified atom stereocenters. The summed E-state index contributed by atoms with van der Waals surface area (Å²) < 4.78 is 53.8. The van der Waals surface area contributed by atoms with Gasteiger partial charge in [0.05, 0.1) is 6.61 Å². The molecule has 0 aromatic rings. The molecule has 1 rings (SSSR count). The van der Waals surface area contributed by atoms with Gasteiger partial charge in [-0.3, -0.25) is 14.1 Å². The Balaban J connectivity index is 2.59. The van der Waals surface area contributed by atoms with Crippen molar-refractivity contribution < 1.29 is 56.8 Å². The second kappa shape index (κ2) is 33.3. The van der Waals surface area contributed by atoms with E-state index in [2.05, 4.69) is 68.5 Å². The summed E-state index contributed by atoms with van der Waals surface area (Å²) in [6.07, 6.45) is 35.9. The summed E-state index contributed by atoms with van der Waals surface area (Å²) in [5, 5.41) is 30.8. The molecular formula is C44H66O12S. The molecule has 57 heavy (non-hydrogen) atoms. The third-order valence-electron chi connectivity index (χ3n) is 8.23. The summed E-state index contributed by atoms with van der Waals surface area (Å²) in [4.78, 5) is 25.3. The van der Waals surface area contributed by atoms with Gasteiger partial charge in [0.15, 0.2) is 12.4 Å². The normalized spacial score (nSPS) is 21.7. The van der Waals surface area contributed by atoms with Crippen LogP contribution in [0.2, 0.25) is 0 Å². The van der Waals surface area contributed by atoms with Crippen LogP contribution >= 0.6 is 0 Å². The Labute approximate surface area is 340 Å². The molecule has 0 bridgehead atoms. The van der Waals surface area contributed by atoms with Gasteiger partial charge in [-0.1, -0.05) is 130 Å². The van der Waals surface area contributed by atoms with Gasteiger partial charge in [-0.2, -0.15) is 8.42 Å². The van der Waals surface area contributed by atoms with Crippen LogP contribution < -0.4 is 0 Å². The van der Waals surface area contributed by atoms with Crippen LogP contribution in [0.4, 0.5) is 0 Å². The van der Waals surface area contributed by atoms with Crippen LogP contribution in [0.3, 0.4) is 0 Å². The highest BCUT2D eigenvalue weighted by Crippen LogP contribution is 2.23. The molecule has 13 heteroatoms. The van der Waals surface area contributed by atoms with Gasteiger partial charge in [-0.25, -0.2) is 0 Å². The first-order valence-electron chi connectivity index (χ1n) is 20.0. The Hall–Kier alpha value is -3.69. The van der Waals surface area contributed by atoms with Gasteiger partial charge in [0.2, 0.25) is 0 Å². The van der Waals surface area contributed by atoms with Crippen LogP contribution in [0.1, 0.15) is 97.3 Å². The SMILES string of the molecule is CC/C=C/C=C/C=C/C=C/C=C/CCCC(=O)OC(COC(=O)CCCCC/C=C/C/C=C/C/C=C/C/C=C/CC)CO[C@H]1O[C@H](CS(=O)(=O)O)[C@@H](O)C(O)C1O. The van der Waals surface area contributed by atoms with Crippen molar-refractivity contribution in [3.63, 3.8) is 0 Å². The first kappa shape index (κ1) is 51.3. The quantitative estimate of drug-likeness (QED) is 0.0187. The van der Waals surface area contributed by atoms with E-state index in [1.807, 2.05) is 54.7 Å². The summed E-state index contributed by atoms with van der Waals surface area (Å²) in [6, 6.07) is 0. The summed E-state index contributed by atoms with van der Waals surface area (Å²) >= 11 is 0. The molecule has 0 radical (unpaired) electrons. The smallest absolute Gasteiger partial charge is 0.306 e. The number of hydrogen-bond donors (Lipinski definition) is 4. The maximum Gasteiger partial charge on any atom is 0.306 e. The molecule has 1 aliphatic heterocycles. The van der Waals surface area contributed by atoms with E-state index in [4.69, 9.17) is 18.9 Å². The number of carbonyl (C=O) groups excluding carboxylic acids is 2. The molecule has 6 atom stereocenters. The van der Waals surface area contributed by atoms with E-state index in [1.54, 1.807) is 0 Å². The second-order valence-electron chi connectivity index (χ2n) is 13.3. The molecule has 0 aliphatic carbocycles. The topological polar surface area (TPSA) is 186 Å². The summed E-state index contributed by atoms with van der Waals surface area (Å²) in [7, 11) is -4.62. The largest absolute Gasteiger partial charge is 0.462 e. The minimum atomic E-state index is -4.62. The standard InChI is InChI=1S/C44H66O12S/c1-3-5-7-9-11-13-15-17-18-19-21-22-24-26-28-30-32-39(45)53-34-37(35-54-44-43(49)42(48)41(47)38(56-44)36-57(50,51)52)55-40(46)33-31-29-27-25-23-20-16-14-12-10-8-6-4-2/h5-8,10-14,16-18,20-23,25,27,37-38,41-44,47-49H,3-4,9,15,19,24,26,28-36H2,1-2H3,(H,50,51,52)/b7-5+,8-6+,12-10+,13-11+,16-14+,18-17+,22-21+,23-20+,27-25+/t37?,38-,41-,42?,43?,44+/m1/s1. The molecule has 0 spiro atoms. The van der Waals surface area contributed by atoms with E-state index in [0.29, 0.717) is 19.3 Å². The fourth-order valence-corrected chi connectivity index (χ4v) is 5.86. The number of carbonyl (C=O) groups is 2. The van der Waals surface area contributed by atoms with Gasteiger partial charge >= 0.3 is 11.9 Å². The molecule has 4 N–H and O–H groups in total. The van der Waals surface area contributed by atoms with Gasteiger partial charge in [0.1, 0.15) is 36.8 Å². The highest BCUT2D eigenvalue weighted by molar-refractivity contribution is 7.85. The van der Waals surface area contributed by atoms with Crippen LogP contribution in [0.15, 0.2) is 109 Å². The first-order chi connectivity index (χ1) is 27.5. The lowest BCUT2D eigenvalue weighted by molar-refractivity contribution is -0.297. The second-order valence-corrected chi connectivity index (χ2v) is 14.8. The number of unbranched alkanes of at least 4 members (excludes halogenated alkanes) is 4. The van der Waals surface area contributed by atoms with Gasteiger partial charge < -0.3 is 34.3 Å². The van der Waals surface area contributed by atoms with E-state index in [-0.39, 0.29) is 19.4 Å². The van der Waals surface area contributed by atoms with Crippen molar-refractivity contribution in [3.05, 3.63) is 109 Å². The Morgan fingerprint density at radius 3 is 1.77 bits per heavy atom. The highest BCUT2D eigenvalue weighted by Gasteiger charge is 2.46. The van der Waals surface area contributed by atoms with Crippen LogP contribution in [0, 0.1) is 0 Å². The van der Waals surface area contributed by atoms with E-state index in [1.165, 1.54) is 0 Å². The van der Waals surface area contributed by atoms with Crippen LogP contribution in [-0.4, -0.2) is 96.0 Å². The van der Waals surface area contributed by atoms with E-state index < -0.39 is 71.2 Å². The zero-order valence-corrected chi connectivity index (χ0v) is 34.4. The van der Waals surface area contributed by atoms with Crippen LogP contribution in [0.5, 0.6) is 0 Å². The molecule has 320 valence electrons. The van der Waals surface area contributed by atoms with Crippen molar-refractivity contribution in [2.45, 2.75) is 134 Å². The van der Waals surface area contributed by atoms with Gasteiger partial charge in [0, 0.05) is 12.8 Å². The number of esters is 2. The molecule has 0 saturated carbocycles. The Morgan fingerprint density at radius 2 is 1.16 bits per heavy atom. The number of aliphatic hydroxyl groups excluding tert-OH is 3. The number of allylic oxidation sites excluding steroid dienone is 18. The first-order valence-corrected chi connectivity index (χ1v) is 21.6. The zero-order chi connectivity index (χ0) is 42.0. The molecule has 0 amide bonds. The van der Waals surface area contributed by atoms with Crippen LogP contribution in [-0.2, 0) is 38.7 Å². The monoisotopic (exact) mass is 818 g/mol. The third-order valence-corrected chi connectivity index (χ3v) is 8.98. The van der Waals surface area contributed by atoms with Crippen molar-refractivity contribution in [1.29, 1.82) is 0 Å². The molecule has 0 aromatic heterocycles. The average molecular weight is 819 g/mol. The molecule has 1 fully saturated rings. The third kappa shape index (κ3) is 28.4. The number of rotatable bonds is 30.